The molecule has 0 spiro atoms. The molecule has 6 aromatic rings. The second-order valence-electron chi connectivity index (χ2n) is 9.68. The average molecular weight is 517 g/mol. The molecule has 3 heterocycles. The van der Waals surface area contributed by atoms with E-state index in [4.69, 9.17) is 15.0 Å². The predicted octanol–water partition coefficient (Wildman–Crippen LogP) is 7.58. The molecular formula is C35H26N5. The van der Waals surface area contributed by atoms with Gasteiger partial charge in [0.2, 0.25) is 0 Å². The fourth-order valence-corrected chi connectivity index (χ4v) is 5.14. The Bertz CT molecular complexity index is 1770. The summed E-state index contributed by atoms with van der Waals surface area (Å²) in [5.74, 6) is 1.48. The summed E-state index contributed by atoms with van der Waals surface area (Å²) >= 11 is 0. The lowest BCUT2D eigenvalue weighted by Gasteiger charge is -2.09. The van der Waals surface area contributed by atoms with Crippen LogP contribution in [0.1, 0.15) is 16.8 Å². The van der Waals surface area contributed by atoms with Gasteiger partial charge >= 0.3 is 0 Å². The molecule has 1 N–H and O–H groups in total. The van der Waals surface area contributed by atoms with Gasteiger partial charge in [0, 0.05) is 18.2 Å². The van der Waals surface area contributed by atoms with Crippen LogP contribution in [0, 0.1) is 6.04 Å². The van der Waals surface area contributed by atoms with Crippen molar-refractivity contribution in [3.8, 4) is 34.0 Å². The zero-order valence-electron chi connectivity index (χ0n) is 22.0. The van der Waals surface area contributed by atoms with Crippen molar-refractivity contribution in [2.24, 2.45) is 17.0 Å². The van der Waals surface area contributed by atoms with Crippen molar-refractivity contribution in [3.63, 3.8) is 0 Å². The van der Waals surface area contributed by atoms with Crippen LogP contribution in [0.5, 0.6) is 0 Å². The molecule has 0 saturated carbocycles. The molecule has 0 atom stereocenters. The van der Waals surface area contributed by atoms with Crippen molar-refractivity contribution in [2.75, 3.05) is 0 Å². The number of imidazole rings is 1. The van der Waals surface area contributed by atoms with Gasteiger partial charge in [0.05, 0.1) is 28.5 Å². The molecule has 40 heavy (non-hydrogen) atoms. The second-order valence-corrected chi connectivity index (χ2v) is 9.68. The molecule has 1 aliphatic rings. The highest BCUT2D eigenvalue weighted by Gasteiger charge is 2.29. The van der Waals surface area contributed by atoms with Gasteiger partial charge in [0.15, 0.2) is 17.7 Å². The molecule has 0 saturated heterocycles. The highest BCUT2D eigenvalue weighted by atomic mass is 15.1. The van der Waals surface area contributed by atoms with E-state index in [-0.39, 0.29) is 0 Å². The Labute approximate surface area is 233 Å². The summed E-state index contributed by atoms with van der Waals surface area (Å²) in [7, 11) is 2.04. The van der Waals surface area contributed by atoms with Crippen molar-refractivity contribution in [1.29, 1.82) is 0 Å². The SMILES string of the molecule is Cn1c(C2=N[C](c3ccccc3)C(c3ccccc3)=N2)ccc1-c1nc(-c2ccccc2)c(-c2ccccc2)[nH]1. The van der Waals surface area contributed by atoms with Gasteiger partial charge in [-0.25, -0.2) is 15.0 Å². The van der Waals surface area contributed by atoms with Gasteiger partial charge in [0.25, 0.3) is 0 Å². The number of nitrogens with one attached hydrogen (secondary N) is 1. The Hall–Kier alpha value is -5.29. The summed E-state index contributed by atoms with van der Waals surface area (Å²) in [4.78, 5) is 18.8. The van der Waals surface area contributed by atoms with Crippen molar-refractivity contribution in [3.05, 3.63) is 156 Å². The van der Waals surface area contributed by atoms with Crippen LogP contribution in [0.25, 0.3) is 34.0 Å². The highest BCUT2D eigenvalue weighted by Crippen LogP contribution is 2.34. The molecule has 5 nitrogen and oxygen atoms in total. The van der Waals surface area contributed by atoms with E-state index < -0.39 is 0 Å². The van der Waals surface area contributed by atoms with Crippen LogP contribution in [-0.4, -0.2) is 26.1 Å². The summed E-state index contributed by atoms with van der Waals surface area (Å²) in [5.41, 5.74) is 8.92. The third-order valence-corrected chi connectivity index (χ3v) is 7.16. The molecule has 5 heteroatoms. The lowest BCUT2D eigenvalue weighted by Crippen LogP contribution is -2.09. The molecular weight excluding hydrogens is 490 g/mol. The number of amidine groups is 1. The molecule has 0 aliphatic carbocycles. The van der Waals surface area contributed by atoms with Crippen LogP contribution in [0.15, 0.2) is 143 Å². The van der Waals surface area contributed by atoms with E-state index in [1.54, 1.807) is 0 Å². The van der Waals surface area contributed by atoms with E-state index >= 15 is 0 Å². The molecule has 1 radical (unpaired) electrons. The standard InChI is InChI=1S/C35H26N5/c1-40-28(34-36-30(24-14-6-2-7-15-24)31(37-34)25-16-8-3-9-17-25)22-23-29(40)35-38-32(26-18-10-4-11-19-26)33(39-35)27-20-12-5-13-21-27/h2-23H,1H3,(H,36,37). The minimum Gasteiger partial charge on any atom is -0.339 e. The van der Waals surface area contributed by atoms with E-state index in [1.807, 2.05) is 79.8 Å². The molecule has 0 fully saturated rings. The minimum atomic E-state index is 0.685. The highest BCUT2D eigenvalue weighted by molar-refractivity contribution is 6.24. The number of hydrogen-bond donors (Lipinski definition) is 1. The number of H-pyrrole nitrogens is 1. The smallest absolute Gasteiger partial charge is 0.173 e. The third-order valence-electron chi connectivity index (χ3n) is 7.16. The van der Waals surface area contributed by atoms with Gasteiger partial charge in [-0.05, 0) is 23.3 Å². The quantitative estimate of drug-likeness (QED) is 0.244. The zero-order valence-corrected chi connectivity index (χ0v) is 22.0. The maximum atomic E-state index is 5.10. The first-order chi connectivity index (χ1) is 19.8. The first-order valence-corrected chi connectivity index (χ1v) is 13.3. The van der Waals surface area contributed by atoms with E-state index in [2.05, 4.69) is 70.2 Å². The summed E-state index contributed by atoms with van der Waals surface area (Å²) in [5, 5.41) is 0. The van der Waals surface area contributed by atoms with Crippen molar-refractivity contribution in [1.82, 2.24) is 14.5 Å². The molecule has 4 aromatic carbocycles. The molecule has 0 bridgehead atoms. The van der Waals surface area contributed by atoms with Crippen LogP contribution < -0.4 is 0 Å². The van der Waals surface area contributed by atoms with E-state index in [9.17, 15) is 0 Å². The average Bonchev–Trinajstić information content (AvgIpc) is 3.76. The van der Waals surface area contributed by atoms with Gasteiger partial charge in [0.1, 0.15) is 0 Å². The number of benzene rings is 4. The minimum absolute atomic E-state index is 0.685. The summed E-state index contributed by atoms with van der Waals surface area (Å²) in [6.45, 7) is 0. The van der Waals surface area contributed by atoms with Gasteiger partial charge in [-0.2, -0.15) is 0 Å². The summed E-state index contributed by atoms with van der Waals surface area (Å²) in [6, 6.07) is 46.1. The molecule has 1 aliphatic heterocycles. The summed E-state index contributed by atoms with van der Waals surface area (Å²) in [6.07, 6.45) is 0. The Kier molecular flexibility index (Phi) is 6.02. The zero-order chi connectivity index (χ0) is 26.9. The van der Waals surface area contributed by atoms with Gasteiger partial charge in [-0.3, -0.25) is 0 Å². The first kappa shape index (κ1) is 23.8. The van der Waals surface area contributed by atoms with Crippen LogP contribution >= 0.6 is 0 Å². The fourth-order valence-electron chi connectivity index (χ4n) is 5.14. The number of aliphatic imine (C=N–C) groups is 2. The van der Waals surface area contributed by atoms with Gasteiger partial charge in [-0.15, -0.1) is 0 Å². The molecule has 2 aromatic heterocycles. The van der Waals surface area contributed by atoms with E-state index in [0.29, 0.717) is 5.84 Å². The number of rotatable bonds is 6. The number of nitrogens with zero attached hydrogens (tertiary/aromatic N) is 4. The van der Waals surface area contributed by atoms with Crippen LogP contribution in [-0.2, 0) is 7.05 Å². The summed E-state index contributed by atoms with van der Waals surface area (Å²) < 4.78 is 2.11. The Morgan fingerprint density at radius 2 is 1.05 bits per heavy atom. The second kappa shape index (κ2) is 10.1. The Morgan fingerprint density at radius 3 is 1.68 bits per heavy atom. The lowest BCUT2D eigenvalue weighted by atomic mass is 9.98. The number of aromatic amines is 1. The maximum Gasteiger partial charge on any atom is 0.173 e. The monoisotopic (exact) mass is 516 g/mol. The fraction of sp³-hybridized carbons (Fsp3) is 0.0286. The third kappa shape index (κ3) is 4.28. The Balaban J connectivity index is 1.32. The first-order valence-electron chi connectivity index (χ1n) is 13.3. The largest absolute Gasteiger partial charge is 0.339 e. The molecule has 7 rings (SSSR count). The van der Waals surface area contributed by atoms with Crippen molar-refractivity contribution < 1.29 is 0 Å². The van der Waals surface area contributed by atoms with Crippen molar-refractivity contribution in [2.45, 2.75) is 0 Å². The van der Waals surface area contributed by atoms with Crippen LogP contribution in [0.4, 0.5) is 0 Å². The lowest BCUT2D eigenvalue weighted by molar-refractivity contribution is 0.912. The van der Waals surface area contributed by atoms with Crippen LogP contribution in [0.3, 0.4) is 0 Å². The van der Waals surface area contributed by atoms with E-state index in [0.717, 1.165) is 62.6 Å². The topological polar surface area (TPSA) is 58.3 Å². The molecule has 191 valence electrons. The molecule has 0 amide bonds. The maximum absolute atomic E-state index is 5.10. The van der Waals surface area contributed by atoms with Crippen LogP contribution in [0.2, 0.25) is 0 Å². The van der Waals surface area contributed by atoms with Gasteiger partial charge in [-0.1, -0.05) is 121 Å². The number of aromatic nitrogens is 3. The predicted molar refractivity (Wildman–Crippen MR) is 162 cm³/mol. The normalized spacial score (nSPS) is 13.3. The Morgan fingerprint density at radius 1 is 0.525 bits per heavy atom. The van der Waals surface area contributed by atoms with Crippen molar-refractivity contribution >= 4 is 11.5 Å². The molecule has 0 unspecified atom stereocenters. The van der Waals surface area contributed by atoms with E-state index in [1.165, 1.54) is 0 Å². The van der Waals surface area contributed by atoms with Gasteiger partial charge < -0.3 is 9.55 Å². The number of hydrogen-bond acceptors (Lipinski definition) is 3.